The highest BCUT2D eigenvalue weighted by atomic mass is 16.6. The Morgan fingerprint density at radius 2 is 1.89 bits per heavy atom. The minimum absolute atomic E-state index is 0.131. The molecule has 0 aliphatic carbocycles. The average molecular weight is 263 g/mol. The van der Waals surface area contributed by atoms with Gasteiger partial charge in [0, 0.05) is 6.04 Å². The van der Waals surface area contributed by atoms with Crippen molar-refractivity contribution >= 4 is 5.97 Å². The normalized spacial score (nSPS) is 13.2. The summed E-state index contributed by atoms with van der Waals surface area (Å²) < 4.78 is 5.27. The van der Waals surface area contributed by atoms with Crippen LogP contribution in [0.3, 0.4) is 0 Å². The summed E-state index contributed by atoms with van der Waals surface area (Å²) >= 11 is 0. The van der Waals surface area contributed by atoms with Gasteiger partial charge in [-0.2, -0.15) is 0 Å². The van der Waals surface area contributed by atoms with Crippen LogP contribution >= 0.6 is 0 Å². The maximum atomic E-state index is 11.6. The lowest BCUT2D eigenvalue weighted by Gasteiger charge is -2.21. The average Bonchev–Trinajstić information content (AvgIpc) is 2.27. The van der Waals surface area contributed by atoms with E-state index < -0.39 is 5.60 Å². The highest BCUT2D eigenvalue weighted by molar-refractivity contribution is 5.72. The van der Waals surface area contributed by atoms with Crippen molar-refractivity contribution in [3.63, 3.8) is 0 Å². The molecule has 0 fully saturated rings. The zero-order chi connectivity index (χ0) is 14.6. The molecule has 0 aliphatic rings. The predicted molar refractivity (Wildman–Crippen MR) is 78.2 cm³/mol. The third-order valence-electron chi connectivity index (χ3n) is 3.00. The van der Waals surface area contributed by atoms with E-state index in [1.807, 2.05) is 20.8 Å². The summed E-state index contributed by atoms with van der Waals surface area (Å²) in [6.45, 7) is 12.1. The number of esters is 1. The van der Waals surface area contributed by atoms with Gasteiger partial charge >= 0.3 is 5.97 Å². The molecule has 3 nitrogen and oxygen atoms in total. The molecule has 1 aromatic rings. The van der Waals surface area contributed by atoms with E-state index in [4.69, 9.17) is 4.74 Å². The molecule has 1 rings (SSSR count). The first-order valence-corrected chi connectivity index (χ1v) is 6.71. The van der Waals surface area contributed by atoms with Crippen LogP contribution in [0.5, 0.6) is 0 Å². The lowest BCUT2D eigenvalue weighted by atomic mass is 10.0. The van der Waals surface area contributed by atoms with Crippen molar-refractivity contribution < 1.29 is 9.53 Å². The van der Waals surface area contributed by atoms with Gasteiger partial charge in [-0.1, -0.05) is 18.2 Å². The van der Waals surface area contributed by atoms with Crippen LogP contribution < -0.4 is 5.32 Å². The largest absolute Gasteiger partial charge is 0.459 e. The van der Waals surface area contributed by atoms with E-state index in [1.165, 1.54) is 16.7 Å². The van der Waals surface area contributed by atoms with Crippen LogP contribution in [0, 0.1) is 13.8 Å². The Labute approximate surface area is 116 Å². The quantitative estimate of drug-likeness (QED) is 0.847. The maximum absolute atomic E-state index is 11.6. The molecule has 1 N–H and O–H groups in total. The molecule has 106 valence electrons. The molecule has 0 radical (unpaired) electrons. The number of rotatable bonds is 4. The molecule has 1 unspecified atom stereocenters. The summed E-state index contributed by atoms with van der Waals surface area (Å²) in [5.74, 6) is -0.219. The van der Waals surface area contributed by atoms with Crippen LogP contribution in [0.1, 0.15) is 50.4 Å². The van der Waals surface area contributed by atoms with Crippen molar-refractivity contribution in [1.82, 2.24) is 5.32 Å². The van der Waals surface area contributed by atoms with Crippen molar-refractivity contribution in [3.8, 4) is 0 Å². The van der Waals surface area contributed by atoms with Crippen LogP contribution in [0.4, 0.5) is 0 Å². The van der Waals surface area contributed by atoms with Crippen molar-refractivity contribution in [1.29, 1.82) is 0 Å². The second-order valence-electron chi connectivity index (χ2n) is 6.03. The summed E-state index contributed by atoms with van der Waals surface area (Å²) in [7, 11) is 0. The van der Waals surface area contributed by atoms with Gasteiger partial charge in [0.05, 0.1) is 6.54 Å². The van der Waals surface area contributed by atoms with Crippen LogP contribution in [-0.2, 0) is 9.53 Å². The van der Waals surface area contributed by atoms with Crippen molar-refractivity contribution in [2.45, 2.75) is 53.2 Å². The standard InChI is InChI=1S/C16H25NO2/c1-11-7-8-14(9-12(11)2)13(3)17-10-15(18)19-16(4,5)6/h7-9,13,17H,10H2,1-6H3. The van der Waals surface area contributed by atoms with Crippen LogP contribution in [0.2, 0.25) is 0 Å². The summed E-state index contributed by atoms with van der Waals surface area (Å²) in [4.78, 5) is 11.6. The highest BCUT2D eigenvalue weighted by Gasteiger charge is 2.16. The number of carbonyl (C=O) groups is 1. The van der Waals surface area contributed by atoms with E-state index in [0.29, 0.717) is 0 Å². The second-order valence-corrected chi connectivity index (χ2v) is 6.03. The summed E-state index contributed by atoms with van der Waals surface area (Å²) in [5, 5.41) is 3.19. The molecule has 1 aromatic carbocycles. The van der Waals surface area contributed by atoms with E-state index in [2.05, 4.69) is 44.3 Å². The molecule has 0 saturated heterocycles. The Hall–Kier alpha value is -1.35. The predicted octanol–water partition coefficient (Wildman–Crippen LogP) is 3.30. The molecular weight excluding hydrogens is 238 g/mol. The van der Waals surface area contributed by atoms with Gasteiger partial charge in [0.1, 0.15) is 5.60 Å². The summed E-state index contributed by atoms with van der Waals surface area (Å²) in [6, 6.07) is 6.49. The SMILES string of the molecule is Cc1ccc(C(C)NCC(=O)OC(C)(C)C)cc1C. The van der Waals surface area contributed by atoms with Gasteiger partial charge in [-0.3, -0.25) is 4.79 Å². The minimum atomic E-state index is -0.428. The van der Waals surface area contributed by atoms with E-state index in [-0.39, 0.29) is 18.6 Å². The molecule has 1 atom stereocenters. The smallest absolute Gasteiger partial charge is 0.320 e. The van der Waals surface area contributed by atoms with Gasteiger partial charge in [-0.05, 0) is 58.2 Å². The molecule has 0 saturated carbocycles. The molecule has 0 amide bonds. The van der Waals surface area contributed by atoms with Crippen LogP contribution in [0.25, 0.3) is 0 Å². The monoisotopic (exact) mass is 263 g/mol. The third-order valence-corrected chi connectivity index (χ3v) is 3.00. The first kappa shape index (κ1) is 15.7. The summed E-state index contributed by atoms with van der Waals surface area (Å²) in [5.41, 5.74) is 3.31. The molecule has 0 aliphatic heterocycles. The van der Waals surface area contributed by atoms with E-state index >= 15 is 0 Å². The van der Waals surface area contributed by atoms with Crippen molar-refractivity contribution in [2.24, 2.45) is 0 Å². The highest BCUT2D eigenvalue weighted by Crippen LogP contribution is 2.16. The summed E-state index contributed by atoms with van der Waals surface area (Å²) in [6.07, 6.45) is 0. The zero-order valence-corrected chi connectivity index (χ0v) is 12.8. The zero-order valence-electron chi connectivity index (χ0n) is 12.8. The third kappa shape index (κ3) is 5.43. The van der Waals surface area contributed by atoms with Crippen molar-refractivity contribution in [2.75, 3.05) is 6.54 Å². The second kappa shape index (κ2) is 6.20. The molecule has 0 bridgehead atoms. The topological polar surface area (TPSA) is 38.3 Å². The van der Waals surface area contributed by atoms with E-state index in [9.17, 15) is 4.79 Å². The number of carbonyl (C=O) groups excluding carboxylic acids is 1. The molecule has 0 heterocycles. The van der Waals surface area contributed by atoms with Gasteiger partial charge in [0.15, 0.2) is 0 Å². The maximum Gasteiger partial charge on any atom is 0.320 e. The van der Waals surface area contributed by atoms with Crippen LogP contribution in [0.15, 0.2) is 18.2 Å². The van der Waals surface area contributed by atoms with Crippen molar-refractivity contribution in [3.05, 3.63) is 34.9 Å². The fourth-order valence-electron chi connectivity index (χ4n) is 1.77. The molecule has 3 heteroatoms. The van der Waals surface area contributed by atoms with Gasteiger partial charge in [0.25, 0.3) is 0 Å². The van der Waals surface area contributed by atoms with Gasteiger partial charge in [-0.25, -0.2) is 0 Å². The Bertz CT molecular complexity index is 447. The first-order valence-electron chi connectivity index (χ1n) is 6.71. The van der Waals surface area contributed by atoms with E-state index in [1.54, 1.807) is 0 Å². The number of ether oxygens (including phenoxy) is 1. The van der Waals surface area contributed by atoms with E-state index in [0.717, 1.165) is 0 Å². The molecule has 0 aromatic heterocycles. The molecular formula is C16H25NO2. The lowest BCUT2D eigenvalue weighted by Crippen LogP contribution is -2.32. The molecule has 19 heavy (non-hydrogen) atoms. The number of nitrogens with one attached hydrogen (secondary N) is 1. The van der Waals surface area contributed by atoms with Gasteiger partial charge in [-0.15, -0.1) is 0 Å². The minimum Gasteiger partial charge on any atom is -0.459 e. The van der Waals surface area contributed by atoms with Crippen LogP contribution in [-0.4, -0.2) is 18.1 Å². The fraction of sp³-hybridized carbons (Fsp3) is 0.562. The lowest BCUT2D eigenvalue weighted by molar-refractivity contribution is -0.153. The fourth-order valence-corrected chi connectivity index (χ4v) is 1.77. The Morgan fingerprint density at radius 1 is 1.26 bits per heavy atom. The Kier molecular flexibility index (Phi) is 5.12. The number of aryl methyl sites for hydroxylation is 2. The van der Waals surface area contributed by atoms with Gasteiger partial charge < -0.3 is 10.1 Å². The number of hydrogen-bond acceptors (Lipinski definition) is 3. The molecule has 0 spiro atoms. The first-order chi connectivity index (χ1) is 8.69. The Morgan fingerprint density at radius 3 is 2.42 bits per heavy atom. The number of hydrogen-bond donors (Lipinski definition) is 1. The Balaban J connectivity index is 2.53. The number of benzene rings is 1. The van der Waals surface area contributed by atoms with Gasteiger partial charge in [0.2, 0.25) is 0 Å².